The molecule has 0 aliphatic heterocycles. The van der Waals surface area contributed by atoms with Gasteiger partial charge >= 0.3 is 6.61 Å². The number of nitrogens with two attached hydrogens (primary N) is 1. The first-order valence-electron chi connectivity index (χ1n) is 9.04. The summed E-state index contributed by atoms with van der Waals surface area (Å²) in [5.41, 5.74) is 7.84. The molecule has 2 aliphatic carbocycles. The van der Waals surface area contributed by atoms with Crippen LogP contribution in [0.5, 0.6) is 5.75 Å². The van der Waals surface area contributed by atoms with E-state index < -0.39 is 12.2 Å². The minimum Gasteiger partial charge on any atom is -0.435 e. The summed E-state index contributed by atoms with van der Waals surface area (Å²) in [7, 11) is 0. The van der Waals surface area contributed by atoms with E-state index in [0.717, 1.165) is 56.1 Å². The van der Waals surface area contributed by atoms with Gasteiger partial charge in [0.25, 0.3) is 0 Å². The highest BCUT2D eigenvalue weighted by atomic mass is 35.5. The van der Waals surface area contributed by atoms with Crippen molar-refractivity contribution in [1.82, 2.24) is 5.32 Å². The van der Waals surface area contributed by atoms with Gasteiger partial charge in [-0.05, 0) is 62.3 Å². The Morgan fingerprint density at radius 2 is 2.08 bits per heavy atom. The van der Waals surface area contributed by atoms with Crippen molar-refractivity contribution in [2.45, 2.75) is 70.1 Å². The fourth-order valence-corrected chi connectivity index (χ4v) is 4.18. The van der Waals surface area contributed by atoms with Gasteiger partial charge in [0.15, 0.2) is 0 Å². The van der Waals surface area contributed by atoms with Gasteiger partial charge in [-0.1, -0.05) is 18.9 Å². The number of halogens is 3. The van der Waals surface area contributed by atoms with Crippen LogP contribution in [0.3, 0.4) is 0 Å². The number of alkyl halides is 2. The molecule has 1 amide bonds. The summed E-state index contributed by atoms with van der Waals surface area (Å²) in [5.74, 6) is 0.00561. The molecule has 3 atom stereocenters. The normalized spacial score (nSPS) is 28.0. The molecule has 0 spiro atoms. The molecule has 0 bridgehead atoms. The van der Waals surface area contributed by atoms with Crippen LogP contribution in [0.1, 0.15) is 62.6 Å². The lowest BCUT2D eigenvalue weighted by Gasteiger charge is -2.38. The Morgan fingerprint density at radius 3 is 2.77 bits per heavy atom. The Kier molecular flexibility index (Phi) is 6.86. The summed E-state index contributed by atoms with van der Waals surface area (Å²) in [4.78, 5) is 12.8. The first-order valence-corrected chi connectivity index (χ1v) is 9.04. The molecule has 7 heteroatoms. The number of benzene rings is 1. The highest BCUT2D eigenvalue weighted by Crippen LogP contribution is 2.35. The van der Waals surface area contributed by atoms with E-state index in [1.807, 2.05) is 6.92 Å². The van der Waals surface area contributed by atoms with Crippen LogP contribution in [0, 0.1) is 5.92 Å². The number of carbonyl (C=O) groups is 1. The van der Waals surface area contributed by atoms with Crippen LogP contribution in [-0.2, 0) is 11.2 Å². The number of hydrogen-bond donors (Lipinski definition) is 2. The van der Waals surface area contributed by atoms with E-state index in [9.17, 15) is 13.6 Å². The smallest absolute Gasteiger partial charge is 0.387 e. The van der Waals surface area contributed by atoms with Gasteiger partial charge in [-0.3, -0.25) is 4.79 Å². The first-order chi connectivity index (χ1) is 11.9. The summed E-state index contributed by atoms with van der Waals surface area (Å²) in [6.45, 7) is -0.871. The largest absolute Gasteiger partial charge is 0.435 e. The van der Waals surface area contributed by atoms with E-state index in [0.29, 0.717) is 0 Å². The molecule has 1 fully saturated rings. The Balaban J connectivity index is 0.00000243. The lowest BCUT2D eigenvalue weighted by Crippen LogP contribution is -2.53. The number of aryl methyl sites for hydroxylation is 1. The molecular formula is C19H27ClF2N2O2. The van der Waals surface area contributed by atoms with Crippen molar-refractivity contribution in [3.05, 3.63) is 29.3 Å². The number of ether oxygens (including phenoxy) is 1. The minimum absolute atomic E-state index is 0. The average molecular weight is 389 g/mol. The average Bonchev–Trinajstić information content (AvgIpc) is 2.53. The predicted octanol–water partition coefficient (Wildman–Crippen LogP) is 4.11. The molecular weight excluding hydrogens is 362 g/mol. The Labute approximate surface area is 159 Å². The van der Waals surface area contributed by atoms with Crippen LogP contribution in [-0.4, -0.2) is 18.1 Å². The molecule has 0 heterocycles. The highest BCUT2D eigenvalue weighted by Gasteiger charge is 2.38. The van der Waals surface area contributed by atoms with Crippen molar-refractivity contribution in [3.8, 4) is 5.75 Å². The Morgan fingerprint density at radius 1 is 1.31 bits per heavy atom. The van der Waals surface area contributed by atoms with E-state index >= 15 is 0 Å². The second-order valence-electron chi connectivity index (χ2n) is 7.50. The molecule has 1 aromatic rings. The molecule has 146 valence electrons. The first kappa shape index (κ1) is 20.9. The van der Waals surface area contributed by atoms with Crippen LogP contribution in [0.25, 0.3) is 0 Å². The Bertz CT molecular complexity index is 640. The van der Waals surface area contributed by atoms with Crippen LogP contribution in [0.15, 0.2) is 18.2 Å². The van der Waals surface area contributed by atoms with E-state index in [2.05, 4.69) is 10.1 Å². The molecule has 26 heavy (non-hydrogen) atoms. The van der Waals surface area contributed by atoms with Crippen LogP contribution >= 0.6 is 12.4 Å². The third kappa shape index (κ3) is 4.65. The number of hydrogen-bond acceptors (Lipinski definition) is 3. The summed E-state index contributed by atoms with van der Waals surface area (Å²) >= 11 is 0. The van der Waals surface area contributed by atoms with Gasteiger partial charge in [0, 0.05) is 5.54 Å². The molecule has 0 saturated heterocycles. The number of nitrogens with one attached hydrogen (secondary N) is 1. The minimum atomic E-state index is -2.83. The predicted molar refractivity (Wildman–Crippen MR) is 98.7 cm³/mol. The van der Waals surface area contributed by atoms with E-state index in [1.165, 1.54) is 0 Å². The van der Waals surface area contributed by atoms with E-state index in [1.54, 1.807) is 18.2 Å². The lowest BCUT2D eigenvalue weighted by atomic mass is 9.74. The SMILES string of the molecule is CC1(N)CCCCC1C(=O)NC1CCCc2cc(OC(F)F)ccc21.Cl. The highest BCUT2D eigenvalue weighted by molar-refractivity contribution is 5.85. The molecule has 2 aliphatic rings. The summed E-state index contributed by atoms with van der Waals surface area (Å²) in [6, 6.07) is 4.91. The van der Waals surface area contributed by atoms with E-state index in [-0.39, 0.29) is 36.0 Å². The second-order valence-corrected chi connectivity index (χ2v) is 7.50. The molecule has 0 radical (unpaired) electrons. The molecule has 3 rings (SSSR count). The van der Waals surface area contributed by atoms with Crippen LogP contribution < -0.4 is 15.8 Å². The number of rotatable bonds is 4. The third-order valence-corrected chi connectivity index (χ3v) is 5.54. The fraction of sp³-hybridized carbons (Fsp3) is 0.632. The van der Waals surface area contributed by atoms with Gasteiger partial charge in [0.1, 0.15) is 5.75 Å². The topological polar surface area (TPSA) is 64.4 Å². The van der Waals surface area contributed by atoms with Gasteiger partial charge in [0.05, 0.1) is 12.0 Å². The van der Waals surface area contributed by atoms with Gasteiger partial charge < -0.3 is 15.8 Å². The number of carbonyl (C=O) groups excluding carboxylic acids is 1. The monoisotopic (exact) mass is 388 g/mol. The molecule has 4 nitrogen and oxygen atoms in total. The standard InChI is InChI=1S/C19H26F2N2O2.ClH/c1-19(22)10-3-2-6-15(19)17(24)23-16-7-4-5-12-11-13(25-18(20)21)8-9-14(12)16;/h8-9,11,15-16,18H,2-7,10,22H2,1H3,(H,23,24);1H. The zero-order valence-corrected chi connectivity index (χ0v) is 15.8. The lowest BCUT2D eigenvalue weighted by molar-refractivity contribution is -0.129. The fourth-order valence-electron chi connectivity index (χ4n) is 4.18. The van der Waals surface area contributed by atoms with Crippen molar-refractivity contribution in [2.75, 3.05) is 0 Å². The van der Waals surface area contributed by atoms with Crippen LogP contribution in [0.2, 0.25) is 0 Å². The maximum absolute atomic E-state index is 12.8. The van der Waals surface area contributed by atoms with Crippen molar-refractivity contribution < 1.29 is 18.3 Å². The van der Waals surface area contributed by atoms with Crippen molar-refractivity contribution in [3.63, 3.8) is 0 Å². The maximum atomic E-state index is 12.8. The maximum Gasteiger partial charge on any atom is 0.387 e. The molecule has 3 N–H and O–H groups in total. The molecule has 1 aromatic carbocycles. The zero-order chi connectivity index (χ0) is 18.0. The summed E-state index contributed by atoms with van der Waals surface area (Å²) < 4.78 is 29.3. The molecule has 3 unspecified atom stereocenters. The van der Waals surface area contributed by atoms with Crippen molar-refractivity contribution in [1.29, 1.82) is 0 Å². The van der Waals surface area contributed by atoms with Gasteiger partial charge in [-0.2, -0.15) is 8.78 Å². The van der Waals surface area contributed by atoms with Gasteiger partial charge in [-0.15, -0.1) is 12.4 Å². The third-order valence-electron chi connectivity index (χ3n) is 5.54. The van der Waals surface area contributed by atoms with E-state index in [4.69, 9.17) is 5.73 Å². The number of fused-ring (bicyclic) bond motifs is 1. The zero-order valence-electron chi connectivity index (χ0n) is 15.0. The van der Waals surface area contributed by atoms with Crippen molar-refractivity contribution in [2.24, 2.45) is 11.7 Å². The van der Waals surface area contributed by atoms with Crippen LogP contribution in [0.4, 0.5) is 8.78 Å². The van der Waals surface area contributed by atoms with Gasteiger partial charge in [0.2, 0.25) is 5.91 Å². The summed E-state index contributed by atoms with van der Waals surface area (Å²) in [6.07, 6.45) is 6.33. The van der Waals surface area contributed by atoms with Crippen molar-refractivity contribution >= 4 is 18.3 Å². The molecule has 0 aromatic heterocycles. The number of amides is 1. The van der Waals surface area contributed by atoms with Gasteiger partial charge in [-0.25, -0.2) is 0 Å². The summed E-state index contributed by atoms with van der Waals surface area (Å²) in [5, 5.41) is 3.15. The quantitative estimate of drug-likeness (QED) is 0.815. The molecule has 1 saturated carbocycles. The Hall–Kier alpha value is -1.40. The second kappa shape index (κ2) is 8.53.